The summed E-state index contributed by atoms with van der Waals surface area (Å²) in [7, 11) is 0. The molecule has 3 rings (SSSR count). The lowest BCUT2D eigenvalue weighted by Gasteiger charge is -2.24. The standard InChI is InChI=1S/C16H19NS/c1-2-6-14(7-3-1)13-17-10-4-8-15(17)12-16-9-5-11-18-16/h1-3,5-7,9,11,15H,4,8,10,12-13H2. The summed E-state index contributed by atoms with van der Waals surface area (Å²) in [4.78, 5) is 4.18. The maximum absolute atomic E-state index is 2.65. The van der Waals surface area contributed by atoms with Crippen molar-refractivity contribution in [2.24, 2.45) is 0 Å². The zero-order valence-corrected chi connectivity index (χ0v) is 11.4. The highest BCUT2D eigenvalue weighted by molar-refractivity contribution is 7.09. The minimum atomic E-state index is 0.740. The van der Waals surface area contributed by atoms with Crippen molar-refractivity contribution in [2.75, 3.05) is 6.54 Å². The Bertz CT molecular complexity index is 463. The Hall–Kier alpha value is -1.12. The van der Waals surface area contributed by atoms with Crippen molar-refractivity contribution in [2.45, 2.75) is 31.8 Å². The first-order valence-electron chi connectivity index (χ1n) is 6.72. The number of hydrogen-bond donors (Lipinski definition) is 0. The Morgan fingerprint density at radius 1 is 1.11 bits per heavy atom. The third-order valence-corrected chi connectivity index (χ3v) is 4.64. The quantitative estimate of drug-likeness (QED) is 0.801. The second kappa shape index (κ2) is 5.68. The molecule has 0 spiro atoms. The Labute approximate surface area is 113 Å². The monoisotopic (exact) mass is 257 g/mol. The maximum Gasteiger partial charge on any atom is 0.0236 e. The lowest BCUT2D eigenvalue weighted by atomic mass is 10.1. The van der Waals surface area contributed by atoms with Crippen LogP contribution < -0.4 is 0 Å². The van der Waals surface area contributed by atoms with Gasteiger partial charge < -0.3 is 0 Å². The van der Waals surface area contributed by atoms with Crippen LogP contribution in [0.2, 0.25) is 0 Å². The Balaban J connectivity index is 1.64. The minimum Gasteiger partial charge on any atom is -0.296 e. The number of thiophene rings is 1. The molecule has 2 aromatic rings. The second-order valence-electron chi connectivity index (χ2n) is 5.04. The molecule has 2 heteroatoms. The molecule has 0 bridgehead atoms. The molecule has 1 unspecified atom stereocenters. The SMILES string of the molecule is c1ccc(CN2CCCC2Cc2cccs2)cc1. The van der Waals surface area contributed by atoms with E-state index in [-0.39, 0.29) is 0 Å². The molecule has 1 nitrogen and oxygen atoms in total. The summed E-state index contributed by atoms with van der Waals surface area (Å²) >= 11 is 1.89. The predicted octanol–water partition coefficient (Wildman–Crippen LogP) is 3.96. The van der Waals surface area contributed by atoms with Crippen molar-refractivity contribution in [1.82, 2.24) is 4.90 Å². The first kappa shape index (κ1) is 11.9. The molecule has 1 saturated heterocycles. The van der Waals surface area contributed by atoms with Gasteiger partial charge in [-0.25, -0.2) is 0 Å². The fourth-order valence-electron chi connectivity index (χ4n) is 2.81. The van der Waals surface area contributed by atoms with Crippen LogP contribution in [0, 0.1) is 0 Å². The zero-order valence-electron chi connectivity index (χ0n) is 10.6. The van der Waals surface area contributed by atoms with Crippen molar-refractivity contribution in [3.8, 4) is 0 Å². The van der Waals surface area contributed by atoms with E-state index >= 15 is 0 Å². The van der Waals surface area contributed by atoms with Crippen LogP contribution in [-0.4, -0.2) is 17.5 Å². The van der Waals surface area contributed by atoms with Crippen LogP contribution in [0.1, 0.15) is 23.3 Å². The topological polar surface area (TPSA) is 3.24 Å². The fourth-order valence-corrected chi connectivity index (χ4v) is 3.59. The van der Waals surface area contributed by atoms with E-state index < -0.39 is 0 Å². The molecule has 0 saturated carbocycles. The van der Waals surface area contributed by atoms with Crippen LogP contribution in [0.5, 0.6) is 0 Å². The largest absolute Gasteiger partial charge is 0.296 e. The molecule has 1 fully saturated rings. The predicted molar refractivity (Wildman–Crippen MR) is 77.9 cm³/mol. The summed E-state index contributed by atoms with van der Waals surface area (Å²) < 4.78 is 0. The number of rotatable bonds is 4. The third kappa shape index (κ3) is 2.82. The molecule has 2 heterocycles. The third-order valence-electron chi connectivity index (χ3n) is 3.74. The average Bonchev–Trinajstić information content (AvgIpc) is 3.04. The highest BCUT2D eigenvalue weighted by Crippen LogP contribution is 2.24. The van der Waals surface area contributed by atoms with Crippen LogP contribution in [0.15, 0.2) is 47.8 Å². The lowest BCUT2D eigenvalue weighted by molar-refractivity contribution is 0.245. The van der Waals surface area contributed by atoms with Crippen LogP contribution >= 0.6 is 11.3 Å². The van der Waals surface area contributed by atoms with Gasteiger partial charge in [0.15, 0.2) is 0 Å². The Morgan fingerprint density at radius 3 is 2.78 bits per heavy atom. The van der Waals surface area contributed by atoms with Gasteiger partial charge in [0.1, 0.15) is 0 Å². The van der Waals surface area contributed by atoms with E-state index in [4.69, 9.17) is 0 Å². The number of likely N-dealkylation sites (tertiary alicyclic amines) is 1. The summed E-state index contributed by atoms with van der Waals surface area (Å²) in [6.07, 6.45) is 3.93. The van der Waals surface area contributed by atoms with Crippen molar-refractivity contribution < 1.29 is 0 Å². The van der Waals surface area contributed by atoms with E-state index in [0.29, 0.717) is 0 Å². The molecule has 1 aliphatic rings. The molecule has 1 aliphatic heterocycles. The Kier molecular flexibility index (Phi) is 3.77. The molecule has 1 aromatic carbocycles. The summed E-state index contributed by atoms with van der Waals surface area (Å²) in [5.41, 5.74) is 1.44. The number of nitrogens with zero attached hydrogens (tertiary/aromatic N) is 1. The highest BCUT2D eigenvalue weighted by atomic mass is 32.1. The smallest absolute Gasteiger partial charge is 0.0236 e. The molecular weight excluding hydrogens is 238 g/mol. The summed E-state index contributed by atoms with van der Waals surface area (Å²) in [5, 5.41) is 2.19. The molecule has 1 atom stereocenters. The minimum absolute atomic E-state index is 0.740. The normalized spacial score (nSPS) is 20.3. The van der Waals surface area contributed by atoms with Gasteiger partial charge in [-0.1, -0.05) is 36.4 Å². The van der Waals surface area contributed by atoms with E-state index in [2.05, 4.69) is 52.7 Å². The fraction of sp³-hybridized carbons (Fsp3) is 0.375. The van der Waals surface area contributed by atoms with Gasteiger partial charge >= 0.3 is 0 Å². The van der Waals surface area contributed by atoms with E-state index in [1.165, 1.54) is 36.2 Å². The summed E-state index contributed by atoms with van der Waals surface area (Å²) in [6, 6.07) is 16.0. The number of benzene rings is 1. The molecule has 0 radical (unpaired) electrons. The van der Waals surface area contributed by atoms with Crippen LogP contribution in [0.4, 0.5) is 0 Å². The van der Waals surface area contributed by atoms with Gasteiger partial charge in [0, 0.05) is 17.5 Å². The van der Waals surface area contributed by atoms with Crippen molar-refractivity contribution in [1.29, 1.82) is 0 Å². The van der Waals surface area contributed by atoms with Crippen molar-refractivity contribution in [3.05, 3.63) is 58.3 Å². The van der Waals surface area contributed by atoms with E-state index in [1.807, 2.05) is 11.3 Å². The summed E-state index contributed by atoms with van der Waals surface area (Å²) in [5.74, 6) is 0. The first-order chi connectivity index (χ1) is 8.92. The van der Waals surface area contributed by atoms with Crippen LogP contribution in [0.25, 0.3) is 0 Å². The van der Waals surface area contributed by atoms with E-state index in [9.17, 15) is 0 Å². The molecule has 0 amide bonds. The van der Waals surface area contributed by atoms with Gasteiger partial charge in [-0.05, 0) is 42.8 Å². The Morgan fingerprint density at radius 2 is 2.00 bits per heavy atom. The molecule has 94 valence electrons. The molecule has 0 aliphatic carbocycles. The van der Waals surface area contributed by atoms with Gasteiger partial charge in [0.05, 0.1) is 0 Å². The van der Waals surface area contributed by atoms with Crippen LogP contribution in [0.3, 0.4) is 0 Å². The molecule has 18 heavy (non-hydrogen) atoms. The van der Waals surface area contributed by atoms with Gasteiger partial charge in [0.25, 0.3) is 0 Å². The first-order valence-corrected chi connectivity index (χ1v) is 7.60. The zero-order chi connectivity index (χ0) is 12.2. The van der Waals surface area contributed by atoms with Gasteiger partial charge in [0.2, 0.25) is 0 Å². The second-order valence-corrected chi connectivity index (χ2v) is 6.07. The van der Waals surface area contributed by atoms with Gasteiger partial charge in [-0.2, -0.15) is 0 Å². The molecule has 1 aromatic heterocycles. The van der Waals surface area contributed by atoms with E-state index in [0.717, 1.165) is 12.6 Å². The molecular formula is C16H19NS. The van der Waals surface area contributed by atoms with Gasteiger partial charge in [-0.3, -0.25) is 4.90 Å². The number of hydrogen-bond acceptors (Lipinski definition) is 2. The maximum atomic E-state index is 2.65. The summed E-state index contributed by atoms with van der Waals surface area (Å²) in [6.45, 7) is 2.36. The highest BCUT2D eigenvalue weighted by Gasteiger charge is 2.24. The van der Waals surface area contributed by atoms with Crippen molar-refractivity contribution >= 4 is 11.3 Å². The van der Waals surface area contributed by atoms with E-state index in [1.54, 1.807) is 0 Å². The average molecular weight is 257 g/mol. The van der Waals surface area contributed by atoms with Crippen LogP contribution in [-0.2, 0) is 13.0 Å². The van der Waals surface area contributed by atoms with Gasteiger partial charge in [-0.15, -0.1) is 11.3 Å². The lowest BCUT2D eigenvalue weighted by Crippen LogP contribution is -2.30. The van der Waals surface area contributed by atoms with Crippen molar-refractivity contribution in [3.63, 3.8) is 0 Å². The molecule has 0 N–H and O–H groups in total.